The summed E-state index contributed by atoms with van der Waals surface area (Å²) in [5.41, 5.74) is 15.6. The average Bonchev–Trinajstić information content (AvgIpc) is 1.71. The van der Waals surface area contributed by atoms with E-state index in [0.29, 0.717) is 90.0 Å². The summed E-state index contributed by atoms with van der Waals surface area (Å²) in [6, 6.07) is 69.5. The predicted octanol–water partition coefficient (Wildman–Crippen LogP) is 21.8. The summed E-state index contributed by atoms with van der Waals surface area (Å²) in [6.07, 6.45) is 38.2. The van der Waals surface area contributed by atoms with E-state index in [4.69, 9.17) is 5.73 Å². The Balaban J connectivity index is 0.000000184. The fourth-order valence-electron chi connectivity index (χ4n) is 16.4. The van der Waals surface area contributed by atoms with Crippen molar-refractivity contribution >= 4 is 113 Å². The predicted molar refractivity (Wildman–Crippen MR) is 562 cm³/mol. The van der Waals surface area contributed by atoms with Gasteiger partial charge in [-0.15, -0.1) is 0 Å². The van der Waals surface area contributed by atoms with E-state index in [-0.39, 0.29) is 95.3 Å². The average molecular weight is 1920 g/mol. The number of aromatic amines is 4. The number of aryl methyl sites for hydroxylation is 1. The number of nitrogen functional groups attached to an aromatic ring is 1. The maximum atomic E-state index is 13.0. The third-order valence-corrected chi connectivity index (χ3v) is 24.1. The number of rotatable bonds is 41. The summed E-state index contributed by atoms with van der Waals surface area (Å²) < 4.78 is 4.46. The van der Waals surface area contributed by atoms with Crippen molar-refractivity contribution in [3.05, 3.63) is 365 Å². The number of nitrogens with two attached hydrogens (primary N) is 1. The van der Waals surface area contributed by atoms with Gasteiger partial charge >= 0.3 is 23.9 Å². The summed E-state index contributed by atoms with van der Waals surface area (Å²) in [7, 11) is 0. The van der Waals surface area contributed by atoms with Gasteiger partial charge in [0.1, 0.15) is 0 Å². The molecule has 4 atom stereocenters. The fourth-order valence-corrected chi connectivity index (χ4v) is 16.4. The molecule has 4 unspecified atom stereocenters. The number of unbranched alkanes of at least 4 members (excludes halogenated alkanes) is 12. The molecule has 4 amide bonds. The number of allylic oxidation sites excluding steroid dienone is 8. The summed E-state index contributed by atoms with van der Waals surface area (Å²) in [5, 5.41) is 57.1. The molecule has 2 saturated heterocycles. The number of fused-ring (bicyclic) bond motifs is 4. The maximum absolute atomic E-state index is 13.0. The Bertz CT molecular complexity index is 6780. The summed E-state index contributed by atoms with van der Waals surface area (Å²) in [6.45, 7) is 10.7. The second kappa shape index (κ2) is 58.4. The first kappa shape index (κ1) is 108. The highest BCUT2D eigenvalue weighted by Crippen LogP contribution is 2.32. The Morgan fingerprint density at radius 1 is 0.408 bits per heavy atom. The van der Waals surface area contributed by atoms with Crippen LogP contribution in [0.4, 0.5) is 22.7 Å². The first-order valence-corrected chi connectivity index (χ1v) is 49.1. The van der Waals surface area contributed by atoms with E-state index >= 15 is 0 Å². The molecule has 9 aromatic carbocycles. The lowest BCUT2D eigenvalue weighted by Gasteiger charge is -2.16. The molecule has 6 heterocycles. The number of hydrogen-bond donors (Lipinski definition) is 9. The summed E-state index contributed by atoms with van der Waals surface area (Å²) >= 11 is 0. The molecule has 0 spiro atoms. The zero-order valence-electron chi connectivity index (χ0n) is 81.6. The molecule has 2 aliphatic heterocycles. The molecule has 142 heavy (non-hydrogen) atoms. The van der Waals surface area contributed by atoms with Crippen LogP contribution in [0.2, 0.25) is 0 Å². The van der Waals surface area contributed by atoms with Crippen LogP contribution in [0.15, 0.2) is 292 Å². The van der Waals surface area contributed by atoms with Crippen LogP contribution in [0.3, 0.4) is 0 Å². The number of nitrogens with zero attached hydrogens (tertiary/aromatic N) is 5. The number of carbonyl (C=O) groups is 8. The SMILES string of the molecule is CCCCC/C=C/CC(CC(=O)Nc1cccc(Cc2n[nH]c(=O)c3ccccc23)c1)C(=O)O.CCCCC/C=C/CC(CC(=O)O)C(=O)Nc1cccc(Cc2n[nH]c(=O)c3ccccc23)c1.CCCCC/C=C/CC1CC(=O)N(c2cccc(Cc3n[nH]c(=O)c4ccccc34)c2)C1=O.CCCCC/C=C/CC1CC(=O)OC1=O.Cc1ccccc1.Nc1cccc(Cc2n[nH]c(=O)c3ccccc23)c1. The van der Waals surface area contributed by atoms with Gasteiger partial charge in [0.25, 0.3) is 22.2 Å². The minimum Gasteiger partial charge on any atom is -0.481 e. The van der Waals surface area contributed by atoms with Gasteiger partial charge in [-0.05, 0) is 179 Å². The number of aliphatic carboxylic acids is 2. The molecule has 0 aliphatic carbocycles. The number of carbonyl (C=O) groups excluding carboxylic acids is 6. The van der Waals surface area contributed by atoms with Gasteiger partial charge in [0, 0.05) is 77.1 Å². The quantitative estimate of drug-likeness (QED) is 0.00429. The van der Waals surface area contributed by atoms with Crippen molar-refractivity contribution < 1.29 is 53.3 Å². The molecule has 0 bridgehead atoms. The number of aromatic nitrogens is 8. The van der Waals surface area contributed by atoms with Crippen molar-refractivity contribution in [1.29, 1.82) is 0 Å². The second-order valence-corrected chi connectivity index (χ2v) is 35.4. The zero-order chi connectivity index (χ0) is 101. The molecule has 740 valence electrons. The number of cyclic esters (lactones) is 2. The normalized spacial score (nSPS) is 13.7. The van der Waals surface area contributed by atoms with Crippen LogP contribution in [0.1, 0.15) is 232 Å². The van der Waals surface area contributed by atoms with Gasteiger partial charge in [-0.3, -0.25) is 62.4 Å². The monoisotopic (exact) mass is 1920 g/mol. The minimum atomic E-state index is -0.996. The van der Waals surface area contributed by atoms with E-state index in [2.05, 4.69) is 115 Å². The molecular weight excluding hydrogens is 1790 g/mol. The van der Waals surface area contributed by atoms with E-state index in [1.54, 1.807) is 42.5 Å². The number of ether oxygens (including phenoxy) is 1. The highest BCUT2D eigenvalue weighted by atomic mass is 16.6. The number of carboxylic acids is 2. The molecule has 10 N–H and O–H groups in total. The molecule has 27 heteroatoms. The first-order chi connectivity index (χ1) is 68.9. The van der Waals surface area contributed by atoms with Crippen LogP contribution in [-0.4, -0.2) is 98.5 Å². The van der Waals surface area contributed by atoms with Gasteiger partial charge in [-0.2, -0.15) is 20.4 Å². The molecule has 13 aromatic rings. The molecule has 0 saturated carbocycles. The summed E-state index contributed by atoms with van der Waals surface area (Å²) in [5.74, 6) is -5.60. The van der Waals surface area contributed by atoms with E-state index in [9.17, 15) is 67.7 Å². The Morgan fingerprint density at radius 2 is 0.782 bits per heavy atom. The second-order valence-electron chi connectivity index (χ2n) is 35.4. The number of hydrogen-bond acceptors (Lipinski definition) is 18. The van der Waals surface area contributed by atoms with Crippen LogP contribution in [0.5, 0.6) is 0 Å². The van der Waals surface area contributed by atoms with Crippen LogP contribution >= 0.6 is 0 Å². The molecule has 15 rings (SSSR count). The molecule has 2 fully saturated rings. The first-order valence-electron chi connectivity index (χ1n) is 49.1. The lowest BCUT2D eigenvalue weighted by atomic mass is 9.99. The smallest absolute Gasteiger partial charge is 0.317 e. The number of benzene rings is 9. The van der Waals surface area contributed by atoms with Crippen molar-refractivity contribution in [2.24, 2.45) is 23.7 Å². The van der Waals surface area contributed by atoms with Crippen molar-refractivity contribution in [2.75, 3.05) is 21.3 Å². The minimum absolute atomic E-state index is 0.0923. The number of H-pyrrole nitrogens is 4. The van der Waals surface area contributed by atoms with E-state index in [1.165, 1.54) is 42.6 Å². The number of nitrogens with one attached hydrogen (secondary N) is 6. The van der Waals surface area contributed by atoms with Crippen LogP contribution in [-0.2, 0) is 68.8 Å². The Labute approximate surface area is 827 Å². The number of imide groups is 1. The molecule has 4 aromatic heterocycles. The topological polar surface area (TPSA) is 423 Å². The Hall–Kier alpha value is -15.5. The lowest BCUT2D eigenvalue weighted by molar-refractivity contribution is -0.153. The fraction of sp³-hybridized carbons (Fsp3) is 0.322. The number of esters is 2. The number of anilines is 4. The Morgan fingerprint density at radius 3 is 1.17 bits per heavy atom. The largest absolute Gasteiger partial charge is 0.481 e. The number of carboxylic acid groups (broad SMARTS) is 2. The lowest BCUT2D eigenvalue weighted by Crippen LogP contribution is -2.30. The number of amides is 4. The van der Waals surface area contributed by atoms with E-state index in [1.807, 2.05) is 206 Å². The molecule has 0 radical (unpaired) electrons. The molecular formula is C115H130N12O15. The van der Waals surface area contributed by atoms with E-state index in [0.717, 1.165) is 143 Å². The van der Waals surface area contributed by atoms with Crippen molar-refractivity contribution in [1.82, 2.24) is 40.8 Å². The van der Waals surface area contributed by atoms with Gasteiger partial charge in [0.15, 0.2) is 0 Å². The third kappa shape index (κ3) is 35.1. The van der Waals surface area contributed by atoms with Crippen molar-refractivity contribution in [3.8, 4) is 0 Å². The van der Waals surface area contributed by atoms with Crippen LogP contribution in [0.25, 0.3) is 43.1 Å². The van der Waals surface area contributed by atoms with Crippen LogP contribution < -0.4 is 43.5 Å². The van der Waals surface area contributed by atoms with Crippen molar-refractivity contribution in [3.63, 3.8) is 0 Å². The van der Waals surface area contributed by atoms with Gasteiger partial charge in [-0.25, -0.2) is 20.4 Å². The standard InChI is InChI=1S/2C27H31N3O4.C27H29N3O3.C15H13N3O.C12H18O3.C7H8/c1-2-3-4-5-6-7-12-20(27(33)34)18-25(31)28-21-13-10-11-19(16-21)17-24-22-14-8-9-15-23(22)26(32)30-29-24;1-2-3-4-5-6-7-12-20(18-25(31)32)26(33)28-21-13-10-11-19(16-21)17-24-22-14-8-9-15-23(22)27(34)30-29-24;1-2-3-4-5-6-7-12-20-18-25(31)30(27(20)33)21-13-10-11-19(16-21)17-24-22-14-8-9-15-23(22)26(32)29-28-24;16-11-5-3-4-10(8-11)9-14-12-6-1-2-7-13(12)15(19)18-17-14;1-2-3-4-5-6-7-8-10-9-11(13)15-12(10)14;1-7-5-3-2-4-6-7/h6-11,13-16,20H,2-5,12,17-18H2,1H3,(H,28,31)(H,30,32)(H,33,34);6-11,13-16,20H,2-5,12,17-18H2,1H3,(H,28,33)(H,30,34)(H,31,32);6-11,13-16,20H,2-5,12,17-18H2,1H3,(H,29,32);1-8H,9,16H2,(H,18,19);6-7,10H,2-5,8-9H2,1H3;2-6H,1H3/b3*7-6+;;7-6+;. The van der Waals surface area contributed by atoms with Crippen LogP contribution in [0, 0.1) is 30.6 Å². The summed E-state index contributed by atoms with van der Waals surface area (Å²) in [4.78, 5) is 145. The van der Waals surface area contributed by atoms with Gasteiger partial charge < -0.3 is 31.3 Å². The molecule has 2 aliphatic rings. The highest BCUT2D eigenvalue weighted by Gasteiger charge is 2.39. The molecule has 27 nitrogen and oxygen atoms in total. The van der Waals surface area contributed by atoms with Gasteiger partial charge in [0.2, 0.25) is 23.6 Å². The Kier molecular flexibility index (Phi) is 44.6. The zero-order valence-corrected chi connectivity index (χ0v) is 81.6. The van der Waals surface area contributed by atoms with Gasteiger partial charge in [-0.1, -0.05) is 285 Å². The van der Waals surface area contributed by atoms with Crippen molar-refractivity contribution in [2.45, 2.75) is 214 Å². The maximum Gasteiger partial charge on any atom is 0.317 e. The third-order valence-electron chi connectivity index (χ3n) is 24.1. The van der Waals surface area contributed by atoms with Gasteiger partial charge in [0.05, 0.1) is 86.5 Å². The highest BCUT2D eigenvalue weighted by molar-refractivity contribution is 6.21. The van der Waals surface area contributed by atoms with E-state index < -0.39 is 23.8 Å².